The molecule has 0 bridgehead atoms. The van der Waals surface area contributed by atoms with E-state index in [-0.39, 0.29) is 0 Å². The quantitative estimate of drug-likeness (QED) is 0.408. The van der Waals surface area contributed by atoms with E-state index in [9.17, 15) is 0 Å². The highest BCUT2D eigenvalue weighted by Gasteiger charge is 2.39. The molecule has 0 spiro atoms. The highest BCUT2D eigenvalue weighted by Crippen LogP contribution is 2.27. The summed E-state index contributed by atoms with van der Waals surface area (Å²) in [5, 5.41) is 0. The third kappa shape index (κ3) is 5.46. The second kappa shape index (κ2) is 9.45. The molecule has 0 amide bonds. The molecule has 126 valence electrons. The van der Waals surface area contributed by atoms with Crippen LogP contribution >= 0.6 is 0 Å². The summed E-state index contributed by atoms with van der Waals surface area (Å²) in [6.07, 6.45) is 6.78. The van der Waals surface area contributed by atoms with E-state index in [2.05, 4.69) is 25.0 Å². The van der Waals surface area contributed by atoms with Gasteiger partial charge in [-0.05, 0) is 56.7 Å². The van der Waals surface area contributed by atoms with E-state index in [0.29, 0.717) is 0 Å². The molecule has 3 nitrogen and oxygen atoms in total. The first-order chi connectivity index (χ1) is 10.1. The van der Waals surface area contributed by atoms with E-state index in [1.54, 1.807) is 0 Å². The van der Waals surface area contributed by atoms with Gasteiger partial charge in [0.1, 0.15) is 0 Å². The van der Waals surface area contributed by atoms with Gasteiger partial charge in [-0.1, -0.05) is 33.1 Å². The van der Waals surface area contributed by atoms with Crippen molar-refractivity contribution in [3.63, 3.8) is 0 Å². The van der Waals surface area contributed by atoms with Crippen molar-refractivity contribution in [2.45, 2.75) is 76.7 Å². The maximum atomic E-state index is 5.89. The van der Waals surface area contributed by atoms with E-state index < -0.39 is 16.8 Å². The molecule has 1 rings (SSSR count). The van der Waals surface area contributed by atoms with E-state index >= 15 is 0 Å². The standard InChI is InChI=1S/C16H37NO2Si2/c1-6-21(7-2,19-4)16-11-9-8-10-13-17-14-12-15-20(17,5)18-3/h6-16H2,1-5H3. The van der Waals surface area contributed by atoms with E-state index in [1.807, 2.05) is 14.2 Å². The fourth-order valence-electron chi connectivity index (χ4n) is 3.67. The number of nitrogens with zero attached hydrogens (tertiary/aromatic N) is 1. The molecular weight excluding hydrogens is 294 g/mol. The minimum Gasteiger partial charge on any atom is -0.420 e. The van der Waals surface area contributed by atoms with Crippen molar-refractivity contribution in [3.05, 3.63) is 0 Å². The lowest BCUT2D eigenvalue weighted by molar-refractivity contribution is 0.311. The first kappa shape index (κ1) is 19.4. The summed E-state index contributed by atoms with van der Waals surface area (Å²) in [5.74, 6) is 0. The molecule has 0 N–H and O–H groups in total. The number of hydrogen-bond donors (Lipinski definition) is 0. The summed E-state index contributed by atoms with van der Waals surface area (Å²) in [7, 11) is 1.00. The fraction of sp³-hybridized carbons (Fsp3) is 1.00. The van der Waals surface area contributed by atoms with Crippen LogP contribution in [0.3, 0.4) is 0 Å². The van der Waals surface area contributed by atoms with Gasteiger partial charge in [0, 0.05) is 14.2 Å². The van der Waals surface area contributed by atoms with E-state index in [0.717, 1.165) is 0 Å². The Bertz CT molecular complexity index is 279. The van der Waals surface area contributed by atoms with Crippen LogP contribution in [0.1, 0.15) is 46.0 Å². The normalized spacial score (nSPS) is 23.9. The second-order valence-corrected chi connectivity index (χ2v) is 15.3. The number of unbranched alkanes of at least 4 members (excludes halogenated alkanes) is 3. The molecule has 1 aliphatic heterocycles. The average Bonchev–Trinajstić information content (AvgIpc) is 2.89. The molecular formula is C16H37NO2Si2. The summed E-state index contributed by atoms with van der Waals surface area (Å²) >= 11 is 0. The van der Waals surface area contributed by atoms with Crippen molar-refractivity contribution in [3.8, 4) is 0 Å². The van der Waals surface area contributed by atoms with Crippen LogP contribution in [-0.4, -0.2) is 48.7 Å². The molecule has 0 aliphatic carbocycles. The lowest BCUT2D eigenvalue weighted by Crippen LogP contribution is -2.48. The summed E-state index contributed by atoms with van der Waals surface area (Å²) in [6, 6.07) is 5.21. The third-order valence-corrected chi connectivity index (χ3v) is 14.4. The fourth-order valence-corrected chi connectivity index (χ4v) is 9.41. The molecule has 0 saturated carbocycles. The molecule has 0 aromatic heterocycles. The zero-order chi connectivity index (χ0) is 15.8. The monoisotopic (exact) mass is 331 g/mol. The summed E-state index contributed by atoms with van der Waals surface area (Å²) < 4.78 is 14.4. The zero-order valence-electron chi connectivity index (χ0n) is 15.0. The van der Waals surface area contributed by atoms with Gasteiger partial charge in [-0.2, -0.15) is 0 Å². The predicted molar refractivity (Wildman–Crippen MR) is 96.6 cm³/mol. The van der Waals surface area contributed by atoms with E-state index in [4.69, 9.17) is 8.85 Å². The molecule has 5 heteroatoms. The maximum Gasteiger partial charge on any atom is 0.267 e. The molecule has 1 fully saturated rings. The molecule has 1 heterocycles. The van der Waals surface area contributed by atoms with Gasteiger partial charge >= 0.3 is 0 Å². The largest absolute Gasteiger partial charge is 0.420 e. The Balaban J connectivity index is 2.15. The first-order valence-electron chi connectivity index (χ1n) is 8.91. The second-order valence-electron chi connectivity index (χ2n) is 6.73. The minimum absolute atomic E-state index is 1.25. The van der Waals surface area contributed by atoms with Crippen molar-refractivity contribution < 1.29 is 8.85 Å². The van der Waals surface area contributed by atoms with Crippen LogP contribution in [0.15, 0.2) is 0 Å². The maximum absolute atomic E-state index is 5.89. The van der Waals surface area contributed by atoms with Crippen molar-refractivity contribution in [1.82, 2.24) is 4.57 Å². The van der Waals surface area contributed by atoms with Crippen LogP contribution in [-0.2, 0) is 8.85 Å². The molecule has 1 aliphatic rings. The molecule has 0 aromatic carbocycles. The van der Waals surface area contributed by atoms with Gasteiger partial charge in [-0.3, -0.25) is 0 Å². The molecule has 1 atom stereocenters. The van der Waals surface area contributed by atoms with Crippen LogP contribution in [0.2, 0.25) is 30.7 Å². The van der Waals surface area contributed by atoms with Gasteiger partial charge in [-0.15, -0.1) is 0 Å². The Kier molecular flexibility index (Phi) is 8.71. The Morgan fingerprint density at radius 2 is 1.71 bits per heavy atom. The lowest BCUT2D eigenvalue weighted by atomic mass is 10.2. The van der Waals surface area contributed by atoms with Gasteiger partial charge < -0.3 is 13.4 Å². The van der Waals surface area contributed by atoms with E-state index in [1.165, 1.54) is 69.4 Å². The number of hydrogen-bond acceptors (Lipinski definition) is 3. The lowest BCUT2D eigenvalue weighted by Gasteiger charge is -2.31. The molecule has 21 heavy (non-hydrogen) atoms. The van der Waals surface area contributed by atoms with Crippen LogP contribution in [0.25, 0.3) is 0 Å². The SMILES string of the molecule is CC[Si](CC)(CCCCCCN1CCC[Si]1(C)OC)OC. The van der Waals surface area contributed by atoms with Gasteiger partial charge in [0.15, 0.2) is 8.32 Å². The van der Waals surface area contributed by atoms with Gasteiger partial charge in [0.25, 0.3) is 8.48 Å². The van der Waals surface area contributed by atoms with Crippen molar-refractivity contribution >= 4 is 16.8 Å². The Morgan fingerprint density at radius 3 is 2.29 bits per heavy atom. The zero-order valence-corrected chi connectivity index (χ0v) is 17.0. The van der Waals surface area contributed by atoms with Gasteiger partial charge in [0.2, 0.25) is 0 Å². The summed E-state index contributed by atoms with van der Waals surface area (Å²) in [6.45, 7) is 9.51. The van der Waals surface area contributed by atoms with Gasteiger partial charge in [-0.25, -0.2) is 0 Å². The van der Waals surface area contributed by atoms with Crippen LogP contribution in [0.4, 0.5) is 0 Å². The highest BCUT2D eigenvalue weighted by molar-refractivity contribution is 6.73. The van der Waals surface area contributed by atoms with Crippen LogP contribution < -0.4 is 0 Å². The Hall–Kier alpha value is 0.314. The highest BCUT2D eigenvalue weighted by atomic mass is 28.4. The molecule has 1 unspecified atom stereocenters. The Labute approximate surface area is 134 Å². The van der Waals surface area contributed by atoms with Crippen molar-refractivity contribution in [2.75, 3.05) is 27.3 Å². The van der Waals surface area contributed by atoms with Crippen LogP contribution in [0, 0.1) is 0 Å². The first-order valence-corrected chi connectivity index (χ1v) is 14.0. The summed E-state index contributed by atoms with van der Waals surface area (Å²) in [4.78, 5) is 0. The number of rotatable bonds is 11. The minimum atomic E-state index is -1.49. The third-order valence-electron chi connectivity index (χ3n) is 5.71. The molecule has 1 saturated heterocycles. The average molecular weight is 332 g/mol. The predicted octanol–water partition coefficient (Wildman–Crippen LogP) is 4.60. The molecule has 0 radical (unpaired) electrons. The Morgan fingerprint density at radius 1 is 1.05 bits per heavy atom. The van der Waals surface area contributed by atoms with Crippen molar-refractivity contribution in [1.29, 1.82) is 0 Å². The summed E-state index contributed by atoms with van der Waals surface area (Å²) in [5.41, 5.74) is 0. The topological polar surface area (TPSA) is 21.7 Å². The smallest absolute Gasteiger partial charge is 0.267 e. The van der Waals surface area contributed by atoms with Gasteiger partial charge in [0.05, 0.1) is 0 Å². The van der Waals surface area contributed by atoms with Crippen molar-refractivity contribution in [2.24, 2.45) is 0 Å². The molecule has 0 aromatic rings. The van der Waals surface area contributed by atoms with Crippen LogP contribution in [0.5, 0.6) is 0 Å².